The molecule has 0 unspecified atom stereocenters. The van der Waals surface area contributed by atoms with Crippen LogP contribution in [0, 0.1) is 0 Å². The maximum atomic E-state index is 9.28. The highest BCUT2D eigenvalue weighted by Crippen LogP contribution is 2.12. The van der Waals surface area contributed by atoms with Crippen molar-refractivity contribution >= 4 is 16.9 Å². The summed E-state index contributed by atoms with van der Waals surface area (Å²) in [5.41, 5.74) is 4.67. The van der Waals surface area contributed by atoms with Gasteiger partial charge in [0.15, 0.2) is 5.17 Å². The summed E-state index contributed by atoms with van der Waals surface area (Å²) in [6.45, 7) is 3.51. The minimum Gasteiger partial charge on any atom is -0.390 e. The van der Waals surface area contributed by atoms with Crippen molar-refractivity contribution in [3.8, 4) is 0 Å². The first-order chi connectivity index (χ1) is 4.95. The van der Waals surface area contributed by atoms with E-state index in [1.54, 1.807) is 13.8 Å². The predicted molar refractivity (Wildman–Crippen MR) is 49.2 cm³/mol. The lowest BCUT2D eigenvalue weighted by molar-refractivity contribution is 0.0778. The van der Waals surface area contributed by atoms with Crippen molar-refractivity contribution < 1.29 is 5.11 Å². The number of aliphatic hydroxyl groups is 1. The standard InChI is InChI=1S/C6H15N3OS/c1-6(2,10)3-4-11-5(7)9-8/h10H,3-4,8H2,1-2H3,(H2,7,9). The van der Waals surface area contributed by atoms with Crippen LogP contribution < -0.4 is 11.6 Å². The number of thioether (sulfide) groups is 1. The van der Waals surface area contributed by atoms with Crippen LogP contribution in [0.1, 0.15) is 20.3 Å². The van der Waals surface area contributed by atoms with Gasteiger partial charge in [0, 0.05) is 5.75 Å². The van der Waals surface area contributed by atoms with Gasteiger partial charge < -0.3 is 16.7 Å². The molecule has 5 heteroatoms. The van der Waals surface area contributed by atoms with Gasteiger partial charge in [-0.2, -0.15) is 5.10 Å². The van der Waals surface area contributed by atoms with Crippen molar-refractivity contribution in [3.05, 3.63) is 0 Å². The van der Waals surface area contributed by atoms with Crippen LogP contribution in [0.15, 0.2) is 5.10 Å². The fraction of sp³-hybridized carbons (Fsp3) is 0.833. The molecule has 0 aromatic heterocycles. The van der Waals surface area contributed by atoms with Gasteiger partial charge >= 0.3 is 0 Å². The molecule has 0 heterocycles. The summed E-state index contributed by atoms with van der Waals surface area (Å²) in [6.07, 6.45) is 0.674. The largest absolute Gasteiger partial charge is 0.390 e. The lowest BCUT2D eigenvalue weighted by atomic mass is 10.1. The normalized spacial score (nSPS) is 13.5. The Morgan fingerprint density at radius 3 is 2.55 bits per heavy atom. The van der Waals surface area contributed by atoms with Gasteiger partial charge in [0.25, 0.3) is 0 Å². The first-order valence-corrected chi connectivity index (χ1v) is 4.33. The fourth-order valence-corrected chi connectivity index (χ4v) is 1.33. The zero-order chi connectivity index (χ0) is 8.91. The van der Waals surface area contributed by atoms with Crippen LogP contribution in [0.25, 0.3) is 0 Å². The SMILES string of the molecule is CC(C)(O)CCSC(N)=NN. The van der Waals surface area contributed by atoms with Gasteiger partial charge in [0.2, 0.25) is 0 Å². The molecule has 0 aliphatic carbocycles. The second kappa shape index (κ2) is 4.46. The van der Waals surface area contributed by atoms with Crippen LogP contribution >= 0.6 is 11.8 Å². The third-order valence-corrected chi connectivity index (χ3v) is 1.90. The summed E-state index contributed by atoms with van der Waals surface area (Å²) in [5, 5.41) is 12.9. The number of nitrogens with zero attached hydrogens (tertiary/aromatic N) is 1. The number of amidine groups is 1. The van der Waals surface area contributed by atoms with E-state index in [2.05, 4.69) is 5.10 Å². The van der Waals surface area contributed by atoms with E-state index < -0.39 is 5.60 Å². The molecule has 4 nitrogen and oxygen atoms in total. The van der Waals surface area contributed by atoms with Crippen molar-refractivity contribution in [2.75, 3.05) is 5.75 Å². The number of hydrogen-bond donors (Lipinski definition) is 3. The summed E-state index contributed by atoms with van der Waals surface area (Å²) in [7, 11) is 0. The number of hydrazone groups is 1. The third kappa shape index (κ3) is 7.48. The molecule has 0 aliphatic heterocycles. The van der Waals surface area contributed by atoms with Crippen molar-refractivity contribution in [1.82, 2.24) is 0 Å². The van der Waals surface area contributed by atoms with E-state index in [1.807, 2.05) is 0 Å². The summed E-state index contributed by atoms with van der Waals surface area (Å²) in [4.78, 5) is 0. The quantitative estimate of drug-likeness (QED) is 0.246. The maximum Gasteiger partial charge on any atom is 0.177 e. The van der Waals surface area contributed by atoms with E-state index in [0.717, 1.165) is 5.75 Å². The van der Waals surface area contributed by atoms with Crippen LogP contribution in [0.4, 0.5) is 0 Å². The third-order valence-electron chi connectivity index (χ3n) is 1.09. The fourth-order valence-electron chi connectivity index (χ4n) is 0.443. The number of rotatable bonds is 3. The molecule has 0 radical (unpaired) electrons. The molecule has 0 amide bonds. The molecule has 0 fully saturated rings. The Morgan fingerprint density at radius 2 is 2.18 bits per heavy atom. The topological polar surface area (TPSA) is 84.6 Å². The molecule has 0 aromatic rings. The monoisotopic (exact) mass is 177 g/mol. The van der Waals surface area contributed by atoms with Gasteiger partial charge in [-0.15, -0.1) is 0 Å². The molecule has 0 rings (SSSR count). The van der Waals surface area contributed by atoms with Gasteiger partial charge in [-0.1, -0.05) is 11.8 Å². The molecule has 0 aromatic carbocycles. The minimum atomic E-state index is -0.637. The molecule has 0 atom stereocenters. The van der Waals surface area contributed by atoms with Crippen LogP contribution in [-0.4, -0.2) is 21.6 Å². The summed E-state index contributed by atoms with van der Waals surface area (Å²) < 4.78 is 0. The molecular weight excluding hydrogens is 162 g/mol. The first kappa shape index (κ1) is 10.6. The highest BCUT2D eigenvalue weighted by molar-refractivity contribution is 8.13. The molecule has 11 heavy (non-hydrogen) atoms. The molecule has 0 bridgehead atoms. The van der Waals surface area contributed by atoms with E-state index in [9.17, 15) is 5.11 Å². The van der Waals surface area contributed by atoms with Gasteiger partial charge in [0.05, 0.1) is 5.60 Å². The predicted octanol–water partition coefficient (Wildman–Crippen LogP) is 0.0690. The van der Waals surface area contributed by atoms with E-state index in [0.29, 0.717) is 11.6 Å². The number of nitrogens with two attached hydrogens (primary N) is 2. The van der Waals surface area contributed by atoms with E-state index in [4.69, 9.17) is 11.6 Å². The first-order valence-electron chi connectivity index (χ1n) is 3.34. The molecule has 0 saturated heterocycles. The summed E-state index contributed by atoms with van der Waals surface area (Å²) in [5.74, 6) is 5.63. The van der Waals surface area contributed by atoms with Crippen molar-refractivity contribution in [1.29, 1.82) is 0 Å². The summed E-state index contributed by atoms with van der Waals surface area (Å²) >= 11 is 1.35. The Morgan fingerprint density at radius 1 is 1.64 bits per heavy atom. The van der Waals surface area contributed by atoms with Crippen LogP contribution in [0.5, 0.6) is 0 Å². The molecule has 0 saturated carbocycles. The molecule has 5 N–H and O–H groups in total. The minimum absolute atomic E-state index is 0.356. The second-order valence-electron chi connectivity index (χ2n) is 2.88. The zero-order valence-corrected chi connectivity index (χ0v) is 7.69. The van der Waals surface area contributed by atoms with Gasteiger partial charge in [-0.05, 0) is 20.3 Å². The van der Waals surface area contributed by atoms with Gasteiger partial charge in [0.1, 0.15) is 0 Å². The Labute approximate surface area is 71.0 Å². The molecular formula is C6H15N3OS. The Bertz CT molecular complexity index is 141. The lowest BCUT2D eigenvalue weighted by Gasteiger charge is -2.15. The van der Waals surface area contributed by atoms with E-state index in [-0.39, 0.29) is 0 Å². The Hall–Kier alpha value is -0.420. The highest BCUT2D eigenvalue weighted by Gasteiger charge is 2.11. The molecule has 0 aliphatic rings. The second-order valence-corrected chi connectivity index (χ2v) is 3.99. The number of hydrogen-bond acceptors (Lipinski definition) is 4. The molecule has 0 spiro atoms. The van der Waals surface area contributed by atoms with Gasteiger partial charge in [-0.25, -0.2) is 0 Å². The Kier molecular flexibility index (Phi) is 4.29. The highest BCUT2D eigenvalue weighted by atomic mass is 32.2. The van der Waals surface area contributed by atoms with Crippen molar-refractivity contribution in [3.63, 3.8) is 0 Å². The van der Waals surface area contributed by atoms with Crippen LogP contribution in [0.2, 0.25) is 0 Å². The van der Waals surface area contributed by atoms with Gasteiger partial charge in [-0.3, -0.25) is 0 Å². The summed E-state index contributed by atoms with van der Waals surface area (Å²) in [6, 6.07) is 0. The lowest BCUT2D eigenvalue weighted by Crippen LogP contribution is -2.20. The average molecular weight is 177 g/mol. The molecule has 66 valence electrons. The Balaban J connectivity index is 3.43. The van der Waals surface area contributed by atoms with E-state index in [1.165, 1.54) is 11.8 Å². The van der Waals surface area contributed by atoms with Crippen LogP contribution in [0.3, 0.4) is 0 Å². The average Bonchev–Trinajstić information content (AvgIpc) is 1.85. The van der Waals surface area contributed by atoms with Crippen LogP contribution in [-0.2, 0) is 0 Å². The van der Waals surface area contributed by atoms with Crippen molar-refractivity contribution in [2.45, 2.75) is 25.9 Å². The van der Waals surface area contributed by atoms with E-state index >= 15 is 0 Å². The zero-order valence-electron chi connectivity index (χ0n) is 6.87. The smallest absolute Gasteiger partial charge is 0.177 e. The van der Waals surface area contributed by atoms with Crippen molar-refractivity contribution in [2.24, 2.45) is 16.7 Å². The maximum absolute atomic E-state index is 9.28.